The molecule has 0 aliphatic carbocycles. The molecule has 0 radical (unpaired) electrons. The Morgan fingerprint density at radius 3 is 2.64 bits per heavy atom. The van der Waals surface area contributed by atoms with E-state index < -0.39 is 6.10 Å². The van der Waals surface area contributed by atoms with Gasteiger partial charge in [0.15, 0.2) is 6.10 Å². The molecule has 2 aliphatic rings. The molecule has 4 nitrogen and oxygen atoms in total. The Morgan fingerprint density at radius 2 is 2.14 bits per heavy atom. The second-order valence-electron chi connectivity index (χ2n) is 3.45. The van der Waals surface area contributed by atoms with Crippen molar-refractivity contribution in [3.8, 4) is 0 Å². The zero-order valence-electron chi connectivity index (χ0n) is 7.79. The van der Waals surface area contributed by atoms with Gasteiger partial charge >= 0.3 is 5.97 Å². The molecule has 0 saturated carbocycles. The molecule has 0 bridgehead atoms. The number of cyclic esters (lactones) is 1. The number of ether oxygens (including phenoxy) is 2. The molecule has 2 heterocycles. The van der Waals surface area contributed by atoms with Crippen molar-refractivity contribution in [3.05, 3.63) is 24.3 Å². The fourth-order valence-corrected chi connectivity index (χ4v) is 1.52. The van der Waals surface area contributed by atoms with Crippen LogP contribution in [0.25, 0.3) is 0 Å². The molecule has 0 fully saturated rings. The van der Waals surface area contributed by atoms with Gasteiger partial charge in [-0.2, -0.15) is 0 Å². The minimum absolute atomic E-state index is 0.266. The largest absolute Gasteiger partial charge is 0.452 e. The van der Waals surface area contributed by atoms with Crippen molar-refractivity contribution in [2.45, 2.75) is 31.3 Å². The molecule has 0 spiro atoms. The zero-order chi connectivity index (χ0) is 10.1. The number of aliphatic hydroxyl groups is 1. The number of carbonyl (C=O) groups is 1. The highest BCUT2D eigenvalue weighted by molar-refractivity contribution is 5.84. The van der Waals surface area contributed by atoms with Crippen LogP contribution >= 0.6 is 0 Å². The normalized spacial score (nSPS) is 37.6. The van der Waals surface area contributed by atoms with E-state index >= 15 is 0 Å². The Bertz CT molecular complexity index is 292. The first-order valence-electron chi connectivity index (χ1n) is 4.57. The van der Waals surface area contributed by atoms with Crippen molar-refractivity contribution in [1.82, 2.24) is 0 Å². The summed E-state index contributed by atoms with van der Waals surface area (Å²) in [5.41, 5.74) is 0. The lowest BCUT2D eigenvalue weighted by atomic mass is 10.2. The van der Waals surface area contributed by atoms with Crippen LogP contribution in [0.5, 0.6) is 0 Å². The van der Waals surface area contributed by atoms with E-state index in [2.05, 4.69) is 0 Å². The molecule has 0 amide bonds. The second kappa shape index (κ2) is 3.55. The maximum Gasteiger partial charge on any atom is 0.331 e. The van der Waals surface area contributed by atoms with Gasteiger partial charge in [-0.05, 0) is 13.0 Å². The standard InChI is InChI=1S/C10H12O4/c1-6(11)7-2-3-8(13-7)9-4-5-10(12)14-9/h2-9,11H,1H3/t6?,7-,8-,9?/m0/s1. The van der Waals surface area contributed by atoms with Crippen LogP contribution in [-0.2, 0) is 14.3 Å². The van der Waals surface area contributed by atoms with Crippen molar-refractivity contribution in [2.24, 2.45) is 0 Å². The summed E-state index contributed by atoms with van der Waals surface area (Å²) in [6.45, 7) is 1.66. The molecule has 4 atom stereocenters. The monoisotopic (exact) mass is 196 g/mol. The van der Waals surface area contributed by atoms with Crippen LogP contribution in [0.15, 0.2) is 24.3 Å². The quantitative estimate of drug-likeness (QED) is 0.505. The maximum absolute atomic E-state index is 10.8. The molecule has 0 saturated heterocycles. The van der Waals surface area contributed by atoms with E-state index in [0.717, 1.165) is 0 Å². The van der Waals surface area contributed by atoms with Gasteiger partial charge in [0.1, 0.15) is 12.2 Å². The fraction of sp³-hybridized carbons (Fsp3) is 0.500. The average Bonchev–Trinajstić information content (AvgIpc) is 2.70. The molecule has 2 aliphatic heterocycles. The third-order valence-corrected chi connectivity index (χ3v) is 2.28. The lowest BCUT2D eigenvalue weighted by Gasteiger charge is -2.19. The molecule has 2 unspecified atom stereocenters. The Balaban J connectivity index is 1.94. The molecular weight excluding hydrogens is 184 g/mol. The summed E-state index contributed by atoms with van der Waals surface area (Å²) in [5.74, 6) is -0.340. The van der Waals surface area contributed by atoms with E-state index in [1.165, 1.54) is 6.08 Å². The summed E-state index contributed by atoms with van der Waals surface area (Å²) < 4.78 is 10.4. The number of carbonyl (C=O) groups excluding carboxylic acids is 1. The number of rotatable bonds is 2. The van der Waals surface area contributed by atoms with Crippen LogP contribution in [0.4, 0.5) is 0 Å². The first-order valence-corrected chi connectivity index (χ1v) is 4.57. The summed E-state index contributed by atoms with van der Waals surface area (Å²) in [4.78, 5) is 10.8. The highest BCUT2D eigenvalue weighted by Crippen LogP contribution is 2.22. The van der Waals surface area contributed by atoms with Crippen molar-refractivity contribution in [1.29, 1.82) is 0 Å². The number of hydrogen-bond acceptors (Lipinski definition) is 4. The van der Waals surface area contributed by atoms with E-state index in [1.54, 1.807) is 19.1 Å². The van der Waals surface area contributed by atoms with Crippen LogP contribution < -0.4 is 0 Å². The zero-order valence-corrected chi connectivity index (χ0v) is 7.79. The van der Waals surface area contributed by atoms with Crippen LogP contribution in [-0.4, -0.2) is 35.5 Å². The summed E-state index contributed by atoms with van der Waals surface area (Å²) >= 11 is 0. The predicted octanol–water partition coefficient (Wildman–Crippen LogP) is 0.172. The topological polar surface area (TPSA) is 55.8 Å². The number of esters is 1. The van der Waals surface area contributed by atoms with Gasteiger partial charge in [0.2, 0.25) is 0 Å². The minimum atomic E-state index is -0.544. The SMILES string of the molecule is CC(O)[C@@H]1C=C[C@@H](C2C=CC(=O)O2)O1. The fourth-order valence-electron chi connectivity index (χ4n) is 1.52. The highest BCUT2D eigenvalue weighted by Gasteiger charge is 2.32. The number of aliphatic hydroxyl groups excluding tert-OH is 1. The molecule has 4 heteroatoms. The van der Waals surface area contributed by atoms with Crippen LogP contribution in [0, 0.1) is 0 Å². The van der Waals surface area contributed by atoms with Gasteiger partial charge in [0.25, 0.3) is 0 Å². The lowest BCUT2D eigenvalue weighted by Crippen LogP contribution is -2.30. The molecule has 76 valence electrons. The molecule has 0 aromatic rings. The van der Waals surface area contributed by atoms with Crippen molar-refractivity contribution in [2.75, 3.05) is 0 Å². The Morgan fingerprint density at radius 1 is 1.36 bits per heavy atom. The molecule has 0 aromatic carbocycles. The lowest BCUT2D eigenvalue weighted by molar-refractivity contribution is -0.144. The first kappa shape index (κ1) is 9.43. The van der Waals surface area contributed by atoms with Crippen molar-refractivity contribution in [3.63, 3.8) is 0 Å². The van der Waals surface area contributed by atoms with Gasteiger partial charge in [-0.25, -0.2) is 4.79 Å². The van der Waals surface area contributed by atoms with Gasteiger partial charge in [-0.15, -0.1) is 0 Å². The van der Waals surface area contributed by atoms with Gasteiger partial charge in [-0.3, -0.25) is 0 Å². The average molecular weight is 196 g/mol. The molecule has 2 rings (SSSR count). The predicted molar refractivity (Wildman–Crippen MR) is 48.5 cm³/mol. The molecule has 1 N–H and O–H groups in total. The van der Waals surface area contributed by atoms with E-state index in [-0.39, 0.29) is 24.3 Å². The van der Waals surface area contributed by atoms with Crippen LogP contribution in [0.1, 0.15) is 6.92 Å². The molecule has 0 aromatic heterocycles. The maximum atomic E-state index is 10.8. The van der Waals surface area contributed by atoms with E-state index in [4.69, 9.17) is 9.47 Å². The third-order valence-electron chi connectivity index (χ3n) is 2.28. The molecule has 14 heavy (non-hydrogen) atoms. The minimum Gasteiger partial charge on any atom is -0.452 e. The summed E-state index contributed by atoms with van der Waals surface area (Å²) in [6, 6.07) is 0. The van der Waals surface area contributed by atoms with Gasteiger partial charge in [0.05, 0.1) is 6.10 Å². The Labute approximate surface area is 81.8 Å². The van der Waals surface area contributed by atoms with Gasteiger partial charge in [-0.1, -0.05) is 12.2 Å². The van der Waals surface area contributed by atoms with Crippen molar-refractivity contribution >= 4 is 5.97 Å². The Hall–Kier alpha value is -1.13. The highest BCUT2D eigenvalue weighted by atomic mass is 16.6. The summed E-state index contributed by atoms with van der Waals surface area (Å²) in [5, 5.41) is 9.26. The summed E-state index contributed by atoms with van der Waals surface area (Å²) in [6.07, 6.45) is 5.20. The third kappa shape index (κ3) is 1.71. The van der Waals surface area contributed by atoms with Gasteiger partial charge < -0.3 is 14.6 Å². The van der Waals surface area contributed by atoms with E-state index in [0.29, 0.717) is 0 Å². The number of hydrogen-bond donors (Lipinski definition) is 1. The summed E-state index contributed by atoms with van der Waals surface area (Å²) in [7, 11) is 0. The Kier molecular flexibility index (Phi) is 2.39. The van der Waals surface area contributed by atoms with E-state index in [1.807, 2.05) is 6.08 Å². The molecular formula is C10H12O4. The second-order valence-corrected chi connectivity index (χ2v) is 3.45. The van der Waals surface area contributed by atoms with Crippen LogP contribution in [0.3, 0.4) is 0 Å². The van der Waals surface area contributed by atoms with Crippen LogP contribution in [0.2, 0.25) is 0 Å². The van der Waals surface area contributed by atoms with E-state index in [9.17, 15) is 9.90 Å². The van der Waals surface area contributed by atoms with Gasteiger partial charge in [0, 0.05) is 6.08 Å². The smallest absolute Gasteiger partial charge is 0.331 e. The van der Waals surface area contributed by atoms with Crippen molar-refractivity contribution < 1.29 is 19.4 Å². The first-order chi connectivity index (χ1) is 6.66.